The minimum Gasteiger partial charge on any atom is -0.493 e. The molecule has 0 unspecified atom stereocenters. The molecule has 0 radical (unpaired) electrons. The van der Waals surface area contributed by atoms with Crippen molar-refractivity contribution >= 4 is 55.5 Å². The Morgan fingerprint density at radius 1 is 1.03 bits per heavy atom. The van der Waals surface area contributed by atoms with E-state index in [4.69, 9.17) is 25.8 Å². The van der Waals surface area contributed by atoms with Gasteiger partial charge in [-0.3, -0.25) is 19.8 Å². The lowest BCUT2D eigenvalue weighted by atomic mass is 9.73. The van der Waals surface area contributed by atoms with E-state index in [0.29, 0.717) is 35.9 Å². The van der Waals surface area contributed by atoms with Crippen LogP contribution in [-0.2, 0) is 21.2 Å². The lowest BCUT2D eigenvalue weighted by Crippen LogP contribution is -2.47. The predicted molar refractivity (Wildman–Crippen MR) is 255 cm³/mol. The fourth-order valence-electron chi connectivity index (χ4n) is 9.90. The van der Waals surface area contributed by atoms with Crippen LogP contribution in [0.1, 0.15) is 87.2 Å². The first-order valence-corrected chi connectivity index (χ1v) is 24.8. The summed E-state index contributed by atoms with van der Waals surface area (Å²) >= 11 is 6.24. The molecule has 1 saturated heterocycles. The molecule has 2 fully saturated rings. The van der Waals surface area contributed by atoms with Crippen molar-refractivity contribution in [2.24, 2.45) is 17.3 Å². The highest BCUT2D eigenvalue weighted by Crippen LogP contribution is 2.43. The summed E-state index contributed by atoms with van der Waals surface area (Å²) < 4.78 is 48.6. The van der Waals surface area contributed by atoms with E-state index in [-0.39, 0.29) is 46.8 Å². The van der Waals surface area contributed by atoms with Crippen molar-refractivity contribution in [2.75, 3.05) is 50.8 Å². The number of carbonyl (C=O) groups is 1. The van der Waals surface area contributed by atoms with Gasteiger partial charge in [-0.05, 0) is 110 Å². The van der Waals surface area contributed by atoms with Crippen LogP contribution < -0.4 is 19.1 Å². The number of benzene rings is 3. The van der Waals surface area contributed by atoms with Gasteiger partial charge in [0.2, 0.25) is 0 Å². The van der Waals surface area contributed by atoms with Crippen molar-refractivity contribution in [3.8, 4) is 17.2 Å². The highest BCUT2D eigenvalue weighted by molar-refractivity contribution is 7.90. The molecule has 9 rings (SSSR count). The summed E-state index contributed by atoms with van der Waals surface area (Å²) in [5.74, 6) is 0.161. The molecule has 4 aliphatic rings. The standard InChI is InChI=1S/C50H57ClN6O8S/c1-32-4-11-39(12-5-32)63-30-33-22-44-45(57(59)60)25-41(26-46(44)64-31-33)66(61,62)54-49(58)43-13-10-38(24-47(43)65-40-23-35-15-17-52-48(35)53-28-40)56-20-18-55(19-21-56)29-36-27-50(2,3)16-14-42(36)34-6-8-37(51)9-7-34/h6-10,13,15,17,23-26,28,32-33,39H,4-5,11-12,14,16,18-22,27,29-31H2,1-3H3,(H,52,53)(H,54,58)/t32?,33-,39?/m1/s1. The van der Waals surface area contributed by atoms with E-state index in [1.807, 2.05) is 18.2 Å². The minimum absolute atomic E-state index is 0.0457. The number of piperazine rings is 1. The molecule has 0 bridgehead atoms. The van der Waals surface area contributed by atoms with Crippen LogP contribution in [0.4, 0.5) is 11.4 Å². The average molecular weight is 938 g/mol. The van der Waals surface area contributed by atoms with Crippen LogP contribution in [0.2, 0.25) is 5.02 Å². The topological polar surface area (TPSA) is 169 Å². The quantitative estimate of drug-likeness (QED) is 0.0851. The third-order valence-corrected chi connectivity index (χ3v) is 15.3. The first-order valence-electron chi connectivity index (χ1n) is 23.0. The van der Waals surface area contributed by atoms with Crippen LogP contribution in [0.15, 0.2) is 89.6 Å². The van der Waals surface area contributed by atoms with E-state index in [1.165, 1.54) is 29.0 Å². The largest absolute Gasteiger partial charge is 0.493 e. The second-order valence-electron chi connectivity index (χ2n) is 19.3. The van der Waals surface area contributed by atoms with Crippen LogP contribution in [0.3, 0.4) is 0 Å². The van der Waals surface area contributed by atoms with Crippen LogP contribution in [0.5, 0.6) is 17.2 Å². The Balaban J connectivity index is 0.924. The zero-order valence-electron chi connectivity index (χ0n) is 37.7. The summed E-state index contributed by atoms with van der Waals surface area (Å²) in [6, 6.07) is 19.1. The van der Waals surface area contributed by atoms with E-state index in [1.54, 1.807) is 30.5 Å². The number of halogens is 1. The Kier molecular flexibility index (Phi) is 13.2. The molecule has 16 heteroatoms. The first-order chi connectivity index (χ1) is 31.7. The number of fused-ring (bicyclic) bond motifs is 2. The Bertz CT molecular complexity index is 2760. The monoisotopic (exact) mass is 936 g/mol. The number of H-pyrrole nitrogens is 1. The third-order valence-electron chi connectivity index (χ3n) is 13.7. The van der Waals surface area contributed by atoms with E-state index < -0.39 is 25.7 Å². The maximum Gasteiger partial charge on any atom is 0.277 e. The van der Waals surface area contributed by atoms with Crippen molar-refractivity contribution in [1.29, 1.82) is 0 Å². The normalized spacial score (nSPS) is 21.3. The zero-order chi connectivity index (χ0) is 46.2. The number of aromatic nitrogens is 2. The molecule has 4 heterocycles. The predicted octanol–water partition coefficient (Wildman–Crippen LogP) is 9.97. The third kappa shape index (κ3) is 10.4. The molecule has 0 spiro atoms. The Labute approximate surface area is 390 Å². The van der Waals surface area contributed by atoms with Crippen LogP contribution >= 0.6 is 11.6 Å². The number of nitro benzene ring substituents is 1. The SMILES string of the molecule is CC1CCC(OC[C@@H]2COc3cc(S(=O)(=O)NC(=O)c4ccc(N5CCN(CC6=C(c7ccc(Cl)cc7)CCC(C)(C)C6)CC5)cc4Oc4cnc5[nH]ccc5c4)cc([N+](=O)[O-])c3C2)CC1. The van der Waals surface area contributed by atoms with Gasteiger partial charge in [0.1, 0.15) is 22.9 Å². The number of amides is 1. The summed E-state index contributed by atoms with van der Waals surface area (Å²) in [6.07, 6.45) is 11.1. The molecule has 348 valence electrons. The van der Waals surface area contributed by atoms with E-state index >= 15 is 0 Å². The molecule has 14 nitrogen and oxygen atoms in total. The lowest BCUT2D eigenvalue weighted by Gasteiger charge is -2.39. The molecule has 5 aromatic rings. The number of nitrogens with zero attached hydrogens (tertiary/aromatic N) is 4. The van der Waals surface area contributed by atoms with Crippen molar-refractivity contribution in [3.05, 3.63) is 117 Å². The van der Waals surface area contributed by atoms with Gasteiger partial charge >= 0.3 is 0 Å². The number of nitrogens with one attached hydrogen (secondary N) is 2. The summed E-state index contributed by atoms with van der Waals surface area (Å²) in [5, 5.41) is 13.9. The van der Waals surface area contributed by atoms with E-state index in [0.717, 1.165) is 99.8 Å². The van der Waals surface area contributed by atoms with E-state index in [9.17, 15) is 23.3 Å². The van der Waals surface area contributed by atoms with Gasteiger partial charge in [-0.2, -0.15) is 0 Å². The van der Waals surface area contributed by atoms with Crippen molar-refractivity contribution < 1.29 is 32.3 Å². The van der Waals surface area contributed by atoms with Gasteiger partial charge < -0.3 is 24.1 Å². The molecule has 1 saturated carbocycles. The minimum atomic E-state index is -4.64. The number of ether oxygens (including phenoxy) is 3. The lowest BCUT2D eigenvalue weighted by molar-refractivity contribution is -0.386. The number of hydrogen-bond acceptors (Lipinski definition) is 11. The van der Waals surface area contributed by atoms with Gasteiger partial charge in [0.25, 0.3) is 21.6 Å². The molecule has 2 aliphatic carbocycles. The number of sulfonamides is 1. The molecule has 1 atom stereocenters. The molecule has 66 heavy (non-hydrogen) atoms. The van der Waals surface area contributed by atoms with E-state index in [2.05, 4.69) is 57.4 Å². The maximum atomic E-state index is 14.1. The Hall–Kier alpha value is -5.48. The fraction of sp³-hybridized carbons (Fsp3) is 0.440. The smallest absolute Gasteiger partial charge is 0.277 e. The molecular formula is C50H57ClN6O8S. The summed E-state index contributed by atoms with van der Waals surface area (Å²) in [4.78, 5) is 37.6. The molecule has 1 amide bonds. The highest BCUT2D eigenvalue weighted by atomic mass is 35.5. The van der Waals surface area contributed by atoms with Gasteiger partial charge in [-0.1, -0.05) is 50.1 Å². The van der Waals surface area contributed by atoms with Gasteiger partial charge in [0.05, 0.1) is 46.5 Å². The number of hydrogen-bond donors (Lipinski definition) is 2. The molecule has 2 aliphatic heterocycles. The average Bonchev–Trinajstić information content (AvgIpc) is 3.77. The highest BCUT2D eigenvalue weighted by Gasteiger charge is 2.34. The number of aromatic amines is 1. The van der Waals surface area contributed by atoms with Gasteiger partial charge in [-0.25, -0.2) is 18.1 Å². The van der Waals surface area contributed by atoms with Gasteiger partial charge in [0, 0.05) is 79.1 Å². The van der Waals surface area contributed by atoms with Crippen LogP contribution in [-0.4, -0.2) is 86.2 Å². The number of pyridine rings is 1. The van der Waals surface area contributed by atoms with Gasteiger partial charge in [-0.15, -0.1) is 0 Å². The second kappa shape index (κ2) is 19.0. The van der Waals surface area contributed by atoms with Crippen molar-refractivity contribution in [1.82, 2.24) is 19.6 Å². The first kappa shape index (κ1) is 45.7. The maximum absolute atomic E-state index is 14.1. The fourth-order valence-corrected chi connectivity index (χ4v) is 11.0. The summed E-state index contributed by atoms with van der Waals surface area (Å²) in [7, 11) is -4.64. The van der Waals surface area contributed by atoms with Gasteiger partial charge in [0.15, 0.2) is 0 Å². The van der Waals surface area contributed by atoms with Crippen LogP contribution in [0.25, 0.3) is 16.6 Å². The summed E-state index contributed by atoms with van der Waals surface area (Å²) in [5.41, 5.74) is 5.66. The molecule has 2 N–H and O–H groups in total. The Morgan fingerprint density at radius 2 is 1.80 bits per heavy atom. The number of anilines is 1. The number of nitro groups is 1. The second-order valence-corrected chi connectivity index (χ2v) is 21.4. The Morgan fingerprint density at radius 3 is 2.56 bits per heavy atom. The van der Waals surface area contributed by atoms with Crippen molar-refractivity contribution in [3.63, 3.8) is 0 Å². The molecule has 3 aromatic carbocycles. The summed E-state index contributed by atoms with van der Waals surface area (Å²) in [6.45, 7) is 11.5. The zero-order valence-corrected chi connectivity index (χ0v) is 39.3. The number of carbonyl (C=O) groups excluding carboxylic acids is 1. The van der Waals surface area contributed by atoms with Crippen LogP contribution in [0, 0.1) is 27.4 Å². The molecule has 2 aromatic heterocycles. The number of rotatable bonds is 13. The molecular weight excluding hydrogens is 880 g/mol. The number of allylic oxidation sites excluding steroid dienone is 1. The van der Waals surface area contributed by atoms with Crippen molar-refractivity contribution in [2.45, 2.75) is 83.1 Å².